The van der Waals surface area contributed by atoms with Gasteiger partial charge in [0.2, 0.25) is 0 Å². The van der Waals surface area contributed by atoms with Crippen LogP contribution >= 0.6 is 0 Å². The van der Waals surface area contributed by atoms with E-state index in [-0.39, 0.29) is 0 Å². The zero-order valence-electron chi connectivity index (χ0n) is 17.6. The summed E-state index contributed by atoms with van der Waals surface area (Å²) in [5.41, 5.74) is 0. The van der Waals surface area contributed by atoms with E-state index >= 15 is 0 Å². The van der Waals surface area contributed by atoms with Gasteiger partial charge in [-0.15, -0.1) is 0 Å². The summed E-state index contributed by atoms with van der Waals surface area (Å²) in [6, 6.07) is 0. The fourth-order valence-electron chi connectivity index (χ4n) is 2.83. The summed E-state index contributed by atoms with van der Waals surface area (Å²) in [5, 5.41) is 8.25. The van der Waals surface area contributed by atoms with E-state index in [0.717, 1.165) is 4.48 Å². The van der Waals surface area contributed by atoms with Crippen LogP contribution in [0.5, 0.6) is 0 Å². The van der Waals surface area contributed by atoms with Crippen LogP contribution in [-0.2, 0) is 4.79 Å². The number of rotatable bonds is 16. The molecule has 0 aromatic heterocycles. The van der Waals surface area contributed by atoms with Crippen LogP contribution in [0.15, 0.2) is 12.2 Å². The van der Waals surface area contributed by atoms with Gasteiger partial charge in [0.1, 0.15) is 0 Å². The number of unbranched alkanes of at least 4 members (excludes halogenated alkanes) is 12. The van der Waals surface area contributed by atoms with Crippen LogP contribution in [0.4, 0.5) is 0 Å². The first kappa shape index (κ1) is 26.4. The van der Waals surface area contributed by atoms with Crippen molar-refractivity contribution in [1.29, 1.82) is 0 Å². The predicted octanol–water partition coefficient (Wildman–Crippen LogP) is 5.10. The summed E-state index contributed by atoms with van der Waals surface area (Å²) in [4.78, 5) is 8.25. The van der Waals surface area contributed by atoms with Gasteiger partial charge in [-0.2, -0.15) is 0 Å². The molecule has 0 aliphatic heterocycles. The molecule has 150 valence electrons. The molecule has 0 fully saturated rings. The summed E-state index contributed by atoms with van der Waals surface area (Å²) in [6.45, 7) is 3.11. The van der Waals surface area contributed by atoms with Crippen LogP contribution in [0.2, 0.25) is 0 Å². The van der Waals surface area contributed by atoms with Gasteiger partial charge in [0.05, 0.1) is 27.7 Å². The summed E-state index contributed by atoms with van der Waals surface area (Å²) in [7, 11) is 6.87. The molecular formula is C22H45NO2. The van der Waals surface area contributed by atoms with E-state index in [2.05, 4.69) is 40.2 Å². The molecule has 3 heteroatoms. The molecule has 0 radical (unpaired) electrons. The van der Waals surface area contributed by atoms with Crippen molar-refractivity contribution in [2.75, 3.05) is 27.7 Å². The number of allylic oxidation sites excluding steroid dienone is 2. The average molecular weight is 356 g/mol. The second-order valence-electron chi connectivity index (χ2n) is 8.05. The molecule has 0 aromatic rings. The minimum absolute atomic E-state index is 0.500. The van der Waals surface area contributed by atoms with Crippen molar-refractivity contribution in [2.24, 2.45) is 0 Å². The Hall–Kier alpha value is -0.830. The molecule has 0 saturated carbocycles. The topological polar surface area (TPSA) is 40.1 Å². The highest BCUT2D eigenvalue weighted by molar-refractivity contribution is 5.29. The Labute approximate surface area is 158 Å². The van der Waals surface area contributed by atoms with Crippen LogP contribution in [0.1, 0.15) is 96.8 Å². The maximum Gasteiger partial charge on any atom is 0.0780 e. The van der Waals surface area contributed by atoms with Gasteiger partial charge in [-0.25, -0.2) is 0 Å². The van der Waals surface area contributed by atoms with E-state index in [0.29, 0.717) is 0 Å². The lowest BCUT2D eigenvalue weighted by atomic mass is 10.1. The standard InChI is InChI=1S/C21H44N.CH2O2/c1-5-6-7-8-9-10-11-12-13-14-15-16-17-18-19-20-21-22(2,3)4;2-1-3/h12-13H,5-11,14-21H2,1-4H3;1H,(H,2,3)/q+1;/p-1/b13-12-;. The molecule has 0 unspecified atom stereocenters. The Kier molecular flexibility index (Phi) is 22.4. The molecule has 0 aliphatic carbocycles. The molecule has 25 heavy (non-hydrogen) atoms. The van der Waals surface area contributed by atoms with Gasteiger partial charge in [0.15, 0.2) is 0 Å². The summed E-state index contributed by atoms with van der Waals surface area (Å²) < 4.78 is 1.11. The molecule has 0 atom stereocenters. The number of carbonyl (C=O) groups excluding carboxylic acids is 1. The first-order valence-corrected chi connectivity index (χ1v) is 10.5. The highest BCUT2D eigenvalue weighted by Gasteiger charge is 2.04. The van der Waals surface area contributed by atoms with Crippen LogP contribution < -0.4 is 5.11 Å². The first-order chi connectivity index (χ1) is 12.0. The monoisotopic (exact) mass is 355 g/mol. The number of nitrogens with zero attached hydrogens (tertiary/aromatic N) is 1. The van der Waals surface area contributed by atoms with E-state index in [1.54, 1.807) is 0 Å². The Balaban J connectivity index is 0. The van der Waals surface area contributed by atoms with E-state index in [1.807, 2.05) is 0 Å². The van der Waals surface area contributed by atoms with E-state index in [9.17, 15) is 0 Å². The van der Waals surface area contributed by atoms with E-state index in [4.69, 9.17) is 9.90 Å². The molecule has 0 rings (SSSR count). The number of hydrogen-bond donors (Lipinski definition) is 0. The Morgan fingerprint density at radius 3 is 1.44 bits per heavy atom. The summed E-state index contributed by atoms with van der Waals surface area (Å²) in [5.74, 6) is 0. The third kappa shape index (κ3) is 31.5. The maximum absolute atomic E-state index is 8.25. The van der Waals surface area contributed by atoms with E-state index < -0.39 is 6.47 Å². The maximum atomic E-state index is 8.25. The zero-order valence-corrected chi connectivity index (χ0v) is 17.6. The Morgan fingerprint density at radius 1 is 0.680 bits per heavy atom. The number of carbonyl (C=O) groups is 1. The van der Waals surface area contributed by atoms with Crippen molar-refractivity contribution in [2.45, 2.75) is 96.8 Å². The molecule has 0 spiro atoms. The number of hydrogen-bond acceptors (Lipinski definition) is 2. The van der Waals surface area contributed by atoms with Gasteiger partial charge in [-0.1, -0.05) is 70.4 Å². The largest absolute Gasteiger partial charge is 0.554 e. The van der Waals surface area contributed by atoms with Crippen molar-refractivity contribution in [3.8, 4) is 0 Å². The van der Waals surface area contributed by atoms with Gasteiger partial charge in [0, 0.05) is 6.47 Å². The highest BCUT2D eigenvalue weighted by Crippen LogP contribution is 2.10. The normalized spacial score (nSPS) is 11.4. The number of quaternary nitrogens is 1. The van der Waals surface area contributed by atoms with Crippen LogP contribution in [-0.4, -0.2) is 38.6 Å². The van der Waals surface area contributed by atoms with Gasteiger partial charge in [-0.05, 0) is 38.5 Å². The molecular weight excluding hydrogens is 310 g/mol. The van der Waals surface area contributed by atoms with Gasteiger partial charge in [0.25, 0.3) is 0 Å². The first-order valence-electron chi connectivity index (χ1n) is 10.5. The van der Waals surface area contributed by atoms with Crippen LogP contribution in [0.25, 0.3) is 0 Å². The SMILES string of the molecule is CCCCCCCC/C=C\CCCCCCCC[N+](C)(C)C.O=C[O-]. The van der Waals surface area contributed by atoms with Gasteiger partial charge < -0.3 is 14.4 Å². The van der Waals surface area contributed by atoms with Crippen molar-refractivity contribution >= 4 is 6.47 Å². The predicted molar refractivity (Wildman–Crippen MR) is 108 cm³/mol. The van der Waals surface area contributed by atoms with E-state index in [1.165, 1.54) is 96.4 Å². The molecule has 0 N–H and O–H groups in total. The quantitative estimate of drug-likeness (QED) is 0.167. The summed E-state index contributed by atoms with van der Waals surface area (Å²) in [6.07, 6.45) is 24.4. The molecule has 0 amide bonds. The molecule has 0 aliphatic rings. The smallest absolute Gasteiger partial charge is 0.0780 e. The second kappa shape index (κ2) is 21.2. The third-order valence-electron chi connectivity index (χ3n) is 4.34. The van der Waals surface area contributed by atoms with Crippen molar-refractivity contribution in [3.63, 3.8) is 0 Å². The van der Waals surface area contributed by atoms with Crippen LogP contribution in [0.3, 0.4) is 0 Å². The van der Waals surface area contributed by atoms with Crippen molar-refractivity contribution in [1.82, 2.24) is 0 Å². The lowest BCUT2D eigenvalue weighted by Gasteiger charge is -2.23. The minimum Gasteiger partial charge on any atom is -0.554 e. The minimum atomic E-state index is -0.500. The third-order valence-corrected chi connectivity index (χ3v) is 4.34. The van der Waals surface area contributed by atoms with Crippen LogP contribution in [0, 0.1) is 0 Å². The Bertz CT molecular complexity index is 282. The molecule has 0 bridgehead atoms. The summed E-state index contributed by atoms with van der Waals surface area (Å²) >= 11 is 0. The van der Waals surface area contributed by atoms with Gasteiger partial charge >= 0.3 is 0 Å². The Morgan fingerprint density at radius 2 is 1.04 bits per heavy atom. The van der Waals surface area contributed by atoms with Gasteiger partial charge in [-0.3, -0.25) is 0 Å². The average Bonchev–Trinajstić information content (AvgIpc) is 2.54. The molecule has 0 aromatic carbocycles. The zero-order chi connectivity index (χ0) is 19.2. The van der Waals surface area contributed by atoms with Crippen molar-refractivity contribution in [3.05, 3.63) is 12.2 Å². The molecule has 0 heterocycles. The lowest BCUT2D eigenvalue weighted by molar-refractivity contribution is -0.870. The fourth-order valence-corrected chi connectivity index (χ4v) is 2.83. The second-order valence-corrected chi connectivity index (χ2v) is 8.05. The lowest BCUT2D eigenvalue weighted by Crippen LogP contribution is -2.35. The van der Waals surface area contributed by atoms with Crippen molar-refractivity contribution < 1.29 is 14.4 Å². The number of carboxylic acid groups (broad SMARTS) is 1. The fraction of sp³-hybridized carbons (Fsp3) is 0.864. The molecule has 3 nitrogen and oxygen atoms in total. The highest BCUT2D eigenvalue weighted by atomic mass is 16.3. The molecule has 0 saturated heterocycles.